The topological polar surface area (TPSA) is 63.2 Å². The van der Waals surface area contributed by atoms with Crippen molar-refractivity contribution in [3.63, 3.8) is 0 Å². The highest BCUT2D eigenvalue weighted by Gasteiger charge is 2.24. The van der Waals surface area contributed by atoms with E-state index >= 15 is 0 Å². The van der Waals surface area contributed by atoms with Crippen LogP contribution in [0.3, 0.4) is 0 Å². The number of methoxy groups -OCH3 is 1. The maximum atomic E-state index is 11.7. The molecule has 0 spiro atoms. The van der Waals surface area contributed by atoms with Crippen molar-refractivity contribution in [2.75, 3.05) is 27.2 Å². The van der Waals surface area contributed by atoms with Crippen LogP contribution in [0.2, 0.25) is 0 Å². The highest BCUT2D eigenvalue weighted by atomic mass is 16.6. The average Bonchev–Trinajstić information content (AvgIpc) is 2.96. The van der Waals surface area contributed by atoms with E-state index in [0.717, 1.165) is 17.0 Å². The number of rotatable bonds is 5. The van der Waals surface area contributed by atoms with E-state index in [4.69, 9.17) is 9.57 Å². The van der Waals surface area contributed by atoms with Gasteiger partial charge in [0.05, 0.1) is 19.4 Å². The Bertz CT molecular complexity index is 513. The second-order valence-electron chi connectivity index (χ2n) is 4.91. The molecule has 0 fully saturated rings. The predicted molar refractivity (Wildman–Crippen MR) is 80.7 cm³/mol. The van der Waals surface area contributed by atoms with Crippen molar-refractivity contribution in [1.82, 2.24) is 10.2 Å². The summed E-state index contributed by atoms with van der Waals surface area (Å²) in [5.74, 6) is 0.811. The van der Waals surface area contributed by atoms with Gasteiger partial charge in [-0.1, -0.05) is 5.16 Å². The van der Waals surface area contributed by atoms with Crippen LogP contribution in [0.1, 0.15) is 18.9 Å². The maximum Gasteiger partial charge on any atom is 0.317 e. The first-order valence-corrected chi connectivity index (χ1v) is 7.00. The van der Waals surface area contributed by atoms with Gasteiger partial charge in [0.15, 0.2) is 6.10 Å². The van der Waals surface area contributed by atoms with Crippen LogP contribution in [0.5, 0.6) is 5.75 Å². The van der Waals surface area contributed by atoms with Gasteiger partial charge in [0.2, 0.25) is 0 Å². The fourth-order valence-corrected chi connectivity index (χ4v) is 2.15. The molecule has 1 aliphatic heterocycles. The number of nitrogens with one attached hydrogen (secondary N) is 1. The zero-order valence-electron chi connectivity index (χ0n) is 12.6. The molecule has 0 aromatic heterocycles. The lowest BCUT2D eigenvalue weighted by molar-refractivity contribution is 0.0657. The minimum atomic E-state index is -0.102. The standard InChI is InChI=1S/C15H21N3O3/c1-4-16-15(19)18(2)10-13-9-14(17-21-13)11-5-7-12(20-3)8-6-11/h5-8,13H,4,9-10H2,1-3H3,(H,16,19). The first-order valence-electron chi connectivity index (χ1n) is 7.00. The highest BCUT2D eigenvalue weighted by Crippen LogP contribution is 2.19. The lowest BCUT2D eigenvalue weighted by Gasteiger charge is -2.19. The molecule has 0 saturated carbocycles. The molecule has 1 atom stereocenters. The van der Waals surface area contributed by atoms with Crippen molar-refractivity contribution >= 4 is 11.7 Å². The molecule has 1 aromatic rings. The summed E-state index contributed by atoms with van der Waals surface area (Å²) in [4.78, 5) is 18.7. The van der Waals surface area contributed by atoms with E-state index < -0.39 is 0 Å². The number of ether oxygens (including phenoxy) is 1. The summed E-state index contributed by atoms with van der Waals surface area (Å²) in [5.41, 5.74) is 1.91. The minimum absolute atomic E-state index is 0.0982. The number of oxime groups is 1. The van der Waals surface area contributed by atoms with Gasteiger partial charge in [-0.3, -0.25) is 0 Å². The number of carbonyl (C=O) groups is 1. The number of likely N-dealkylation sites (N-methyl/N-ethyl adjacent to an activating group) is 1. The zero-order chi connectivity index (χ0) is 15.2. The number of nitrogens with zero attached hydrogens (tertiary/aromatic N) is 2. The fourth-order valence-electron chi connectivity index (χ4n) is 2.15. The Balaban J connectivity index is 1.88. The third kappa shape index (κ3) is 3.87. The summed E-state index contributed by atoms with van der Waals surface area (Å²) in [6.45, 7) is 3.01. The summed E-state index contributed by atoms with van der Waals surface area (Å²) in [7, 11) is 3.39. The molecule has 0 aliphatic carbocycles. The number of benzene rings is 1. The molecule has 0 bridgehead atoms. The van der Waals surface area contributed by atoms with Gasteiger partial charge in [0, 0.05) is 20.0 Å². The third-order valence-corrected chi connectivity index (χ3v) is 3.31. The molecular weight excluding hydrogens is 270 g/mol. The molecule has 1 N–H and O–H groups in total. The lowest BCUT2D eigenvalue weighted by atomic mass is 10.0. The number of urea groups is 1. The Labute approximate surface area is 124 Å². The van der Waals surface area contributed by atoms with Gasteiger partial charge in [-0.05, 0) is 36.8 Å². The molecule has 1 aliphatic rings. The summed E-state index contributed by atoms with van der Waals surface area (Å²) < 4.78 is 5.13. The normalized spacial score (nSPS) is 16.9. The van der Waals surface area contributed by atoms with Crippen molar-refractivity contribution < 1.29 is 14.4 Å². The van der Waals surface area contributed by atoms with E-state index in [2.05, 4.69) is 10.5 Å². The SMILES string of the molecule is CCNC(=O)N(C)CC1CC(c2ccc(OC)cc2)=NO1. The molecule has 21 heavy (non-hydrogen) atoms. The van der Waals surface area contributed by atoms with Gasteiger partial charge in [-0.15, -0.1) is 0 Å². The van der Waals surface area contributed by atoms with E-state index in [9.17, 15) is 4.79 Å². The Morgan fingerprint density at radius 1 is 1.48 bits per heavy atom. The second kappa shape index (κ2) is 6.97. The van der Waals surface area contributed by atoms with Gasteiger partial charge in [0.25, 0.3) is 0 Å². The molecule has 2 amide bonds. The monoisotopic (exact) mass is 291 g/mol. The molecule has 1 aromatic carbocycles. The summed E-state index contributed by atoms with van der Waals surface area (Å²) in [6, 6.07) is 7.60. The predicted octanol–water partition coefficient (Wildman–Crippen LogP) is 1.85. The Hall–Kier alpha value is -2.24. The summed E-state index contributed by atoms with van der Waals surface area (Å²) in [5, 5.41) is 6.87. The number of hydrogen-bond acceptors (Lipinski definition) is 4. The molecule has 6 heteroatoms. The van der Waals surface area contributed by atoms with E-state index in [1.807, 2.05) is 31.2 Å². The van der Waals surface area contributed by atoms with E-state index in [1.54, 1.807) is 19.1 Å². The van der Waals surface area contributed by atoms with Crippen LogP contribution >= 0.6 is 0 Å². The van der Waals surface area contributed by atoms with Gasteiger partial charge in [0.1, 0.15) is 5.75 Å². The van der Waals surface area contributed by atoms with Crippen LogP contribution in [-0.4, -0.2) is 50.0 Å². The molecular formula is C15H21N3O3. The smallest absolute Gasteiger partial charge is 0.317 e. The Kier molecular flexibility index (Phi) is 5.03. The molecule has 1 unspecified atom stereocenters. The zero-order valence-corrected chi connectivity index (χ0v) is 12.6. The molecule has 6 nitrogen and oxygen atoms in total. The van der Waals surface area contributed by atoms with Gasteiger partial charge in [-0.25, -0.2) is 4.79 Å². The maximum absolute atomic E-state index is 11.7. The first-order chi connectivity index (χ1) is 10.1. The fraction of sp³-hybridized carbons (Fsp3) is 0.467. The minimum Gasteiger partial charge on any atom is -0.497 e. The molecule has 0 radical (unpaired) electrons. The Morgan fingerprint density at radius 2 is 2.19 bits per heavy atom. The summed E-state index contributed by atoms with van der Waals surface area (Å²) in [6.07, 6.45) is 0.588. The van der Waals surface area contributed by atoms with Gasteiger partial charge >= 0.3 is 6.03 Å². The average molecular weight is 291 g/mol. The van der Waals surface area contributed by atoms with Crippen LogP contribution in [0, 0.1) is 0 Å². The lowest BCUT2D eigenvalue weighted by Crippen LogP contribution is -2.41. The van der Waals surface area contributed by atoms with Gasteiger partial charge < -0.3 is 19.8 Å². The van der Waals surface area contributed by atoms with Crippen LogP contribution < -0.4 is 10.1 Å². The van der Waals surface area contributed by atoms with Crippen molar-refractivity contribution in [3.05, 3.63) is 29.8 Å². The first kappa shape index (κ1) is 15.2. The van der Waals surface area contributed by atoms with Crippen molar-refractivity contribution in [1.29, 1.82) is 0 Å². The van der Waals surface area contributed by atoms with Crippen LogP contribution in [0.15, 0.2) is 29.4 Å². The van der Waals surface area contributed by atoms with E-state index in [-0.39, 0.29) is 12.1 Å². The number of amides is 2. The van der Waals surface area contributed by atoms with E-state index in [1.165, 1.54) is 0 Å². The molecule has 1 heterocycles. The molecule has 2 rings (SSSR count). The largest absolute Gasteiger partial charge is 0.497 e. The van der Waals surface area contributed by atoms with Crippen LogP contribution in [-0.2, 0) is 4.84 Å². The van der Waals surface area contributed by atoms with E-state index in [0.29, 0.717) is 19.5 Å². The van der Waals surface area contributed by atoms with Crippen molar-refractivity contribution in [2.24, 2.45) is 5.16 Å². The van der Waals surface area contributed by atoms with Crippen molar-refractivity contribution in [2.45, 2.75) is 19.4 Å². The third-order valence-electron chi connectivity index (χ3n) is 3.31. The Morgan fingerprint density at radius 3 is 2.81 bits per heavy atom. The number of hydrogen-bond donors (Lipinski definition) is 1. The van der Waals surface area contributed by atoms with Gasteiger partial charge in [-0.2, -0.15) is 0 Å². The molecule has 0 saturated heterocycles. The summed E-state index contributed by atoms with van der Waals surface area (Å²) >= 11 is 0. The van der Waals surface area contributed by atoms with Crippen LogP contribution in [0.4, 0.5) is 4.79 Å². The van der Waals surface area contributed by atoms with Crippen LogP contribution in [0.25, 0.3) is 0 Å². The number of carbonyl (C=O) groups excluding carboxylic acids is 1. The highest BCUT2D eigenvalue weighted by molar-refractivity contribution is 6.01. The quantitative estimate of drug-likeness (QED) is 0.900. The molecule has 114 valence electrons. The second-order valence-corrected chi connectivity index (χ2v) is 4.91. The van der Waals surface area contributed by atoms with Crippen molar-refractivity contribution in [3.8, 4) is 5.75 Å².